The van der Waals surface area contributed by atoms with Crippen LogP contribution in [-0.4, -0.2) is 5.78 Å². The summed E-state index contributed by atoms with van der Waals surface area (Å²) in [4.78, 5) is 11.1. The summed E-state index contributed by atoms with van der Waals surface area (Å²) < 4.78 is 24.7. The van der Waals surface area contributed by atoms with Crippen molar-refractivity contribution in [2.45, 2.75) is 20.3 Å². The van der Waals surface area contributed by atoms with E-state index in [2.05, 4.69) is 0 Å². The summed E-state index contributed by atoms with van der Waals surface area (Å²) in [7, 11) is 0. The Labute approximate surface area is 80.7 Å². The molecule has 0 atom stereocenters. The molecular weight excluding hydrogens is 188 g/mol. The molecule has 0 aromatic heterocycles. The minimum Gasteiger partial charge on any atom is -0.398 e. The zero-order valence-electron chi connectivity index (χ0n) is 7.97. The van der Waals surface area contributed by atoms with E-state index in [0.717, 1.165) is 6.07 Å². The third-order valence-corrected chi connectivity index (χ3v) is 2.04. The van der Waals surface area contributed by atoms with Crippen molar-refractivity contribution in [3.8, 4) is 0 Å². The standard InChI is InChI=1S/C10H11F2NO/c1-5-3-7(10(11)12)4-8(6(2)14)9(5)13/h3-4,10H,13H2,1-2H3. The number of aryl methyl sites for hydroxylation is 1. The maximum absolute atomic E-state index is 12.4. The number of nitrogens with two attached hydrogens (primary N) is 1. The highest BCUT2D eigenvalue weighted by atomic mass is 19.3. The van der Waals surface area contributed by atoms with Gasteiger partial charge in [0, 0.05) is 16.8 Å². The van der Waals surface area contributed by atoms with Gasteiger partial charge in [-0.15, -0.1) is 0 Å². The lowest BCUT2D eigenvalue weighted by Crippen LogP contribution is -2.03. The van der Waals surface area contributed by atoms with Gasteiger partial charge in [-0.2, -0.15) is 0 Å². The number of anilines is 1. The molecule has 2 N–H and O–H groups in total. The molecule has 0 aliphatic rings. The second-order valence-corrected chi connectivity index (χ2v) is 3.16. The van der Waals surface area contributed by atoms with Crippen LogP contribution in [-0.2, 0) is 0 Å². The molecule has 0 aliphatic carbocycles. The number of hydrogen-bond acceptors (Lipinski definition) is 2. The number of carbonyl (C=O) groups is 1. The Morgan fingerprint density at radius 2 is 2.00 bits per heavy atom. The molecule has 0 amide bonds. The number of alkyl halides is 2. The van der Waals surface area contributed by atoms with Crippen molar-refractivity contribution in [1.82, 2.24) is 0 Å². The fourth-order valence-corrected chi connectivity index (χ4v) is 1.24. The lowest BCUT2D eigenvalue weighted by molar-refractivity contribution is 0.101. The van der Waals surface area contributed by atoms with E-state index in [1.807, 2.05) is 0 Å². The maximum Gasteiger partial charge on any atom is 0.263 e. The number of ketones is 1. The van der Waals surface area contributed by atoms with Crippen LogP contribution in [0.2, 0.25) is 0 Å². The first kappa shape index (κ1) is 10.6. The lowest BCUT2D eigenvalue weighted by Gasteiger charge is -2.08. The van der Waals surface area contributed by atoms with Gasteiger partial charge in [0.15, 0.2) is 5.78 Å². The molecule has 1 rings (SSSR count). The smallest absolute Gasteiger partial charge is 0.263 e. The minimum atomic E-state index is -2.58. The van der Waals surface area contributed by atoms with Crippen LogP contribution in [0.25, 0.3) is 0 Å². The third kappa shape index (κ3) is 1.89. The average Bonchev–Trinajstić information content (AvgIpc) is 2.08. The number of halogens is 2. The highest BCUT2D eigenvalue weighted by Crippen LogP contribution is 2.26. The van der Waals surface area contributed by atoms with Crippen LogP contribution in [0.4, 0.5) is 14.5 Å². The summed E-state index contributed by atoms with van der Waals surface area (Å²) in [5.41, 5.74) is 6.38. The van der Waals surface area contributed by atoms with E-state index in [1.54, 1.807) is 6.92 Å². The summed E-state index contributed by atoms with van der Waals surface area (Å²) in [5.74, 6) is -0.298. The molecule has 0 unspecified atom stereocenters. The van der Waals surface area contributed by atoms with Gasteiger partial charge in [-0.25, -0.2) is 8.78 Å². The van der Waals surface area contributed by atoms with Gasteiger partial charge >= 0.3 is 0 Å². The van der Waals surface area contributed by atoms with Crippen LogP contribution in [0.3, 0.4) is 0 Å². The summed E-state index contributed by atoms with van der Waals surface area (Å²) >= 11 is 0. The Hall–Kier alpha value is -1.45. The van der Waals surface area contributed by atoms with Crippen LogP contribution >= 0.6 is 0 Å². The van der Waals surface area contributed by atoms with Crippen molar-refractivity contribution >= 4 is 11.5 Å². The van der Waals surface area contributed by atoms with Gasteiger partial charge < -0.3 is 5.73 Å². The van der Waals surface area contributed by atoms with Gasteiger partial charge in [0.25, 0.3) is 6.43 Å². The Bertz CT molecular complexity index is 375. The van der Waals surface area contributed by atoms with Crippen LogP contribution in [0, 0.1) is 6.92 Å². The molecule has 4 heteroatoms. The number of rotatable bonds is 2. The lowest BCUT2D eigenvalue weighted by atomic mass is 10.0. The first-order valence-corrected chi connectivity index (χ1v) is 4.12. The molecule has 0 saturated carbocycles. The summed E-state index contributed by atoms with van der Waals surface area (Å²) in [6.45, 7) is 2.91. The predicted molar refractivity (Wildman–Crippen MR) is 50.6 cm³/mol. The molecule has 0 aliphatic heterocycles. The molecule has 1 aromatic rings. The van der Waals surface area contributed by atoms with E-state index < -0.39 is 6.43 Å². The second kappa shape index (κ2) is 3.74. The van der Waals surface area contributed by atoms with Gasteiger partial charge in [0.2, 0.25) is 0 Å². The Kier molecular flexibility index (Phi) is 2.84. The van der Waals surface area contributed by atoms with Crippen molar-refractivity contribution in [3.63, 3.8) is 0 Å². The van der Waals surface area contributed by atoms with Crippen molar-refractivity contribution in [1.29, 1.82) is 0 Å². The quantitative estimate of drug-likeness (QED) is 0.587. The maximum atomic E-state index is 12.4. The highest BCUT2D eigenvalue weighted by molar-refractivity contribution is 5.99. The monoisotopic (exact) mass is 199 g/mol. The van der Waals surface area contributed by atoms with Crippen LogP contribution < -0.4 is 5.73 Å². The van der Waals surface area contributed by atoms with E-state index in [9.17, 15) is 13.6 Å². The third-order valence-electron chi connectivity index (χ3n) is 2.04. The van der Waals surface area contributed by atoms with E-state index in [1.165, 1.54) is 13.0 Å². The van der Waals surface area contributed by atoms with Crippen LogP contribution in [0.5, 0.6) is 0 Å². The Morgan fingerprint density at radius 1 is 1.43 bits per heavy atom. The molecule has 76 valence electrons. The molecular formula is C10H11F2NO. The molecule has 0 bridgehead atoms. The predicted octanol–water partition coefficient (Wildman–Crippen LogP) is 2.72. The van der Waals surface area contributed by atoms with Crippen LogP contribution in [0.15, 0.2) is 12.1 Å². The zero-order valence-corrected chi connectivity index (χ0v) is 7.97. The molecule has 0 saturated heterocycles. The van der Waals surface area contributed by atoms with Crippen molar-refractivity contribution < 1.29 is 13.6 Å². The SMILES string of the molecule is CC(=O)c1cc(C(F)F)cc(C)c1N. The fraction of sp³-hybridized carbons (Fsp3) is 0.300. The molecule has 2 nitrogen and oxygen atoms in total. The number of nitrogen functional groups attached to an aromatic ring is 1. The number of carbonyl (C=O) groups excluding carboxylic acids is 1. The van der Waals surface area contributed by atoms with E-state index in [0.29, 0.717) is 5.56 Å². The highest BCUT2D eigenvalue weighted by Gasteiger charge is 2.14. The second-order valence-electron chi connectivity index (χ2n) is 3.16. The number of hydrogen-bond donors (Lipinski definition) is 1. The first-order chi connectivity index (χ1) is 6.43. The summed E-state index contributed by atoms with van der Waals surface area (Å²) in [5, 5.41) is 0. The molecule has 1 aromatic carbocycles. The van der Waals surface area contributed by atoms with Crippen molar-refractivity contribution in [3.05, 3.63) is 28.8 Å². The molecule has 0 spiro atoms. The number of Topliss-reactive ketones (excluding diaryl/α,β-unsaturated/α-hetero) is 1. The first-order valence-electron chi connectivity index (χ1n) is 4.12. The molecule has 0 heterocycles. The van der Waals surface area contributed by atoms with Gasteiger partial charge in [-0.1, -0.05) is 0 Å². The molecule has 0 radical (unpaired) electrons. The zero-order chi connectivity index (χ0) is 10.9. The van der Waals surface area contributed by atoms with Crippen molar-refractivity contribution in [2.24, 2.45) is 0 Å². The Balaban J connectivity index is 3.35. The van der Waals surface area contributed by atoms with Crippen LogP contribution in [0.1, 0.15) is 34.8 Å². The topological polar surface area (TPSA) is 43.1 Å². The largest absolute Gasteiger partial charge is 0.398 e. The molecule has 0 fully saturated rings. The van der Waals surface area contributed by atoms with Gasteiger partial charge in [-0.05, 0) is 31.5 Å². The minimum absolute atomic E-state index is 0.165. The average molecular weight is 199 g/mol. The summed E-state index contributed by atoms with van der Waals surface area (Å²) in [6.07, 6.45) is -2.58. The van der Waals surface area contributed by atoms with Crippen molar-refractivity contribution in [2.75, 3.05) is 5.73 Å². The van der Waals surface area contributed by atoms with Gasteiger partial charge in [0.05, 0.1) is 0 Å². The van der Waals surface area contributed by atoms with E-state index >= 15 is 0 Å². The Morgan fingerprint density at radius 3 is 2.43 bits per heavy atom. The van der Waals surface area contributed by atoms with E-state index in [-0.39, 0.29) is 22.6 Å². The fourth-order valence-electron chi connectivity index (χ4n) is 1.24. The summed E-state index contributed by atoms with van der Waals surface area (Å²) in [6, 6.07) is 2.45. The van der Waals surface area contributed by atoms with Gasteiger partial charge in [-0.3, -0.25) is 4.79 Å². The normalized spacial score (nSPS) is 10.6. The molecule has 14 heavy (non-hydrogen) atoms. The van der Waals surface area contributed by atoms with Gasteiger partial charge in [0.1, 0.15) is 0 Å². The van der Waals surface area contributed by atoms with E-state index in [4.69, 9.17) is 5.73 Å². The number of benzene rings is 1.